The van der Waals surface area contributed by atoms with E-state index >= 15 is 0 Å². The third kappa shape index (κ3) is 5.08. The molecule has 1 amide bonds. The van der Waals surface area contributed by atoms with Gasteiger partial charge >= 0.3 is 5.69 Å². The Balaban J connectivity index is 1.66. The lowest BCUT2D eigenvalue weighted by Gasteiger charge is -2.14. The fourth-order valence-electron chi connectivity index (χ4n) is 2.67. The van der Waals surface area contributed by atoms with E-state index in [0.29, 0.717) is 11.7 Å². The highest BCUT2D eigenvalue weighted by Crippen LogP contribution is 2.26. The predicted octanol–water partition coefficient (Wildman–Crippen LogP) is 3.66. The molecule has 146 valence electrons. The third-order valence-electron chi connectivity index (χ3n) is 4.21. The first-order valence-corrected chi connectivity index (χ1v) is 11.0. The van der Waals surface area contributed by atoms with Gasteiger partial charge in [0.2, 0.25) is 5.91 Å². The van der Waals surface area contributed by atoms with Gasteiger partial charge in [-0.25, -0.2) is 9.89 Å². The van der Waals surface area contributed by atoms with E-state index in [4.69, 9.17) is 0 Å². The number of hydrogen-bond acceptors (Lipinski definition) is 5. The van der Waals surface area contributed by atoms with Gasteiger partial charge in [-0.3, -0.25) is 9.36 Å². The second-order valence-corrected chi connectivity index (χ2v) is 8.30. The molecule has 0 spiro atoms. The zero-order valence-corrected chi connectivity index (χ0v) is 17.3. The first kappa shape index (κ1) is 20.3. The van der Waals surface area contributed by atoms with Crippen molar-refractivity contribution in [3.8, 4) is 0 Å². The van der Waals surface area contributed by atoms with Crippen LogP contribution < -0.4 is 11.0 Å². The first-order chi connectivity index (χ1) is 13.6. The van der Waals surface area contributed by atoms with Gasteiger partial charge in [-0.1, -0.05) is 54.2 Å². The molecular weight excluding hydrogens is 392 g/mol. The Kier molecular flexibility index (Phi) is 7.00. The van der Waals surface area contributed by atoms with Crippen molar-refractivity contribution in [3.05, 3.63) is 70.6 Å². The number of benzene rings is 2. The van der Waals surface area contributed by atoms with Crippen LogP contribution in [0.4, 0.5) is 5.69 Å². The number of hydrogen-bond donors (Lipinski definition) is 2. The second kappa shape index (κ2) is 9.66. The topological polar surface area (TPSA) is 79.8 Å². The van der Waals surface area contributed by atoms with Crippen LogP contribution >= 0.6 is 23.5 Å². The van der Waals surface area contributed by atoms with Gasteiger partial charge in [0.15, 0.2) is 5.16 Å². The summed E-state index contributed by atoms with van der Waals surface area (Å²) in [7, 11) is 0. The number of rotatable bonds is 8. The van der Waals surface area contributed by atoms with Gasteiger partial charge in [-0.2, -0.15) is 0 Å². The number of thioether (sulfide) groups is 2. The summed E-state index contributed by atoms with van der Waals surface area (Å²) in [5.74, 6) is -0.128. The van der Waals surface area contributed by atoms with Crippen LogP contribution in [-0.4, -0.2) is 32.2 Å². The summed E-state index contributed by atoms with van der Waals surface area (Å²) in [5, 5.41) is 9.66. The minimum absolute atomic E-state index is 0.128. The SMILES string of the molecule is CSc1ccccc1NC(=O)C(C)Sc1n[nH]c(=O)n1CCc1ccccc1. The summed E-state index contributed by atoms with van der Waals surface area (Å²) in [6.45, 7) is 2.31. The molecule has 1 unspecified atom stereocenters. The molecule has 0 saturated heterocycles. The van der Waals surface area contributed by atoms with Crippen molar-refractivity contribution in [2.45, 2.75) is 35.2 Å². The van der Waals surface area contributed by atoms with Crippen molar-refractivity contribution < 1.29 is 4.79 Å². The highest BCUT2D eigenvalue weighted by molar-refractivity contribution is 8.00. The molecule has 6 nitrogen and oxygen atoms in total. The van der Waals surface area contributed by atoms with E-state index in [0.717, 1.165) is 22.6 Å². The molecule has 0 aliphatic rings. The van der Waals surface area contributed by atoms with Gasteiger partial charge in [0.1, 0.15) is 0 Å². The van der Waals surface area contributed by atoms with E-state index in [-0.39, 0.29) is 11.6 Å². The summed E-state index contributed by atoms with van der Waals surface area (Å²) in [5.41, 5.74) is 1.67. The Bertz CT molecular complexity index is 985. The summed E-state index contributed by atoms with van der Waals surface area (Å²) < 4.78 is 1.58. The minimum Gasteiger partial charge on any atom is -0.324 e. The number of nitrogens with zero attached hydrogens (tertiary/aromatic N) is 2. The van der Waals surface area contributed by atoms with Gasteiger partial charge in [0, 0.05) is 11.4 Å². The maximum atomic E-state index is 12.6. The molecule has 0 radical (unpaired) electrons. The normalized spacial score (nSPS) is 11.9. The Labute approximate surface area is 172 Å². The van der Waals surface area contributed by atoms with E-state index in [1.54, 1.807) is 16.3 Å². The van der Waals surface area contributed by atoms with Gasteiger partial charge in [0.25, 0.3) is 0 Å². The Morgan fingerprint density at radius 2 is 1.89 bits per heavy atom. The lowest BCUT2D eigenvalue weighted by atomic mass is 10.1. The van der Waals surface area contributed by atoms with Crippen molar-refractivity contribution in [1.29, 1.82) is 0 Å². The fourth-order valence-corrected chi connectivity index (χ4v) is 4.11. The monoisotopic (exact) mass is 414 g/mol. The average molecular weight is 415 g/mol. The summed E-state index contributed by atoms with van der Waals surface area (Å²) in [4.78, 5) is 25.7. The highest BCUT2D eigenvalue weighted by Gasteiger charge is 2.20. The molecule has 8 heteroatoms. The van der Waals surface area contributed by atoms with Crippen LogP contribution in [0.3, 0.4) is 0 Å². The van der Waals surface area contributed by atoms with Gasteiger partial charge < -0.3 is 5.32 Å². The van der Waals surface area contributed by atoms with Crippen LogP contribution in [-0.2, 0) is 17.8 Å². The minimum atomic E-state index is -0.402. The Hall–Kier alpha value is -2.45. The number of anilines is 1. The molecule has 2 aromatic carbocycles. The van der Waals surface area contributed by atoms with Gasteiger partial charge in [-0.05, 0) is 37.3 Å². The van der Waals surface area contributed by atoms with E-state index in [2.05, 4.69) is 15.5 Å². The summed E-state index contributed by atoms with van der Waals surface area (Å²) in [6.07, 6.45) is 2.69. The number of H-pyrrole nitrogens is 1. The molecule has 0 aliphatic heterocycles. The molecule has 2 N–H and O–H groups in total. The first-order valence-electron chi connectivity index (χ1n) is 8.88. The molecule has 1 heterocycles. The number of para-hydroxylation sites is 1. The van der Waals surface area contributed by atoms with Gasteiger partial charge in [-0.15, -0.1) is 16.9 Å². The zero-order valence-electron chi connectivity index (χ0n) is 15.7. The highest BCUT2D eigenvalue weighted by atomic mass is 32.2. The van der Waals surface area contributed by atoms with E-state index in [9.17, 15) is 9.59 Å². The average Bonchev–Trinajstić information content (AvgIpc) is 3.06. The van der Waals surface area contributed by atoms with Crippen molar-refractivity contribution in [3.63, 3.8) is 0 Å². The van der Waals surface area contributed by atoms with Crippen molar-refractivity contribution in [2.24, 2.45) is 0 Å². The van der Waals surface area contributed by atoms with E-state index < -0.39 is 5.25 Å². The van der Waals surface area contributed by atoms with Gasteiger partial charge in [0.05, 0.1) is 10.9 Å². The van der Waals surface area contributed by atoms with Crippen LogP contribution in [0.5, 0.6) is 0 Å². The number of nitrogens with one attached hydrogen (secondary N) is 2. The Morgan fingerprint density at radius 1 is 1.18 bits per heavy atom. The molecule has 0 aliphatic carbocycles. The maximum absolute atomic E-state index is 12.6. The molecule has 0 saturated carbocycles. The third-order valence-corrected chi connectivity index (χ3v) is 6.09. The van der Waals surface area contributed by atoms with Crippen LogP contribution in [0.2, 0.25) is 0 Å². The smallest absolute Gasteiger partial charge is 0.324 e. The molecular formula is C20H22N4O2S2. The lowest BCUT2D eigenvalue weighted by molar-refractivity contribution is -0.115. The summed E-state index contributed by atoms with van der Waals surface area (Å²) in [6, 6.07) is 17.6. The molecule has 3 aromatic rings. The van der Waals surface area contributed by atoms with Crippen LogP contribution in [0.15, 0.2) is 69.4 Å². The fraction of sp³-hybridized carbons (Fsp3) is 0.250. The quantitative estimate of drug-likeness (QED) is 0.550. The summed E-state index contributed by atoms with van der Waals surface area (Å²) >= 11 is 2.85. The number of carbonyl (C=O) groups is 1. The number of carbonyl (C=O) groups excluding carboxylic acids is 1. The Morgan fingerprint density at radius 3 is 2.64 bits per heavy atom. The molecule has 0 fully saturated rings. The van der Waals surface area contributed by atoms with Crippen molar-refractivity contribution >= 4 is 35.1 Å². The lowest BCUT2D eigenvalue weighted by Crippen LogP contribution is -2.24. The molecule has 0 bridgehead atoms. The van der Waals surface area contributed by atoms with Crippen molar-refractivity contribution in [1.82, 2.24) is 14.8 Å². The predicted molar refractivity (Wildman–Crippen MR) is 115 cm³/mol. The number of aromatic amines is 1. The van der Waals surface area contributed by atoms with E-state index in [1.807, 2.05) is 67.8 Å². The van der Waals surface area contributed by atoms with Crippen LogP contribution in [0.25, 0.3) is 0 Å². The number of amides is 1. The standard InChI is InChI=1S/C20H22N4O2S2/c1-14(18(25)21-16-10-6-7-11-17(16)27-2)28-20-23-22-19(26)24(20)13-12-15-8-4-3-5-9-15/h3-11,14H,12-13H2,1-2H3,(H,21,25)(H,22,26). The number of aryl methyl sites for hydroxylation is 1. The molecule has 1 atom stereocenters. The number of aromatic nitrogens is 3. The largest absolute Gasteiger partial charge is 0.343 e. The van der Waals surface area contributed by atoms with E-state index in [1.165, 1.54) is 11.8 Å². The molecule has 1 aromatic heterocycles. The molecule has 3 rings (SSSR count). The van der Waals surface area contributed by atoms with Crippen molar-refractivity contribution in [2.75, 3.05) is 11.6 Å². The zero-order chi connectivity index (χ0) is 19.9. The second-order valence-electron chi connectivity index (χ2n) is 6.15. The molecule has 28 heavy (non-hydrogen) atoms. The van der Waals surface area contributed by atoms with Crippen LogP contribution in [0.1, 0.15) is 12.5 Å². The maximum Gasteiger partial charge on any atom is 0.343 e. The van der Waals surface area contributed by atoms with Crippen LogP contribution in [0, 0.1) is 0 Å².